The van der Waals surface area contributed by atoms with Gasteiger partial charge in [0.15, 0.2) is 0 Å². The normalized spacial score (nSPS) is 18.1. The van der Waals surface area contributed by atoms with Crippen LogP contribution in [0.3, 0.4) is 0 Å². The predicted octanol–water partition coefficient (Wildman–Crippen LogP) is 3.49. The molecule has 2 aromatic carbocycles. The molecule has 2 aliphatic rings. The summed E-state index contributed by atoms with van der Waals surface area (Å²) in [6.45, 7) is 3.72. The molecular formula is C23H30N4O5S. The van der Waals surface area contributed by atoms with Gasteiger partial charge in [0.05, 0.1) is 16.9 Å². The van der Waals surface area contributed by atoms with E-state index in [2.05, 4.69) is 4.90 Å². The van der Waals surface area contributed by atoms with Gasteiger partial charge in [0.2, 0.25) is 10.0 Å². The van der Waals surface area contributed by atoms with E-state index in [1.54, 1.807) is 13.2 Å². The van der Waals surface area contributed by atoms with Gasteiger partial charge in [0, 0.05) is 51.0 Å². The van der Waals surface area contributed by atoms with E-state index in [9.17, 15) is 18.5 Å². The molecule has 2 heterocycles. The molecular weight excluding hydrogens is 444 g/mol. The first-order chi connectivity index (χ1) is 15.9. The van der Waals surface area contributed by atoms with E-state index in [1.165, 1.54) is 16.4 Å². The zero-order chi connectivity index (χ0) is 23.4. The molecule has 33 heavy (non-hydrogen) atoms. The Morgan fingerprint density at radius 2 is 1.52 bits per heavy atom. The first-order valence-electron chi connectivity index (χ1n) is 11.3. The van der Waals surface area contributed by atoms with Crippen molar-refractivity contribution in [2.75, 3.05) is 56.2 Å². The van der Waals surface area contributed by atoms with Crippen molar-refractivity contribution < 1.29 is 18.1 Å². The van der Waals surface area contributed by atoms with Crippen molar-refractivity contribution in [3.63, 3.8) is 0 Å². The van der Waals surface area contributed by atoms with Gasteiger partial charge in [-0.3, -0.25) is 10.1 Å². The van der Waals surface area contributed by atoms with E-state index in [0.29, 0.717) is 38.4 Å². The quantitative estimate of drug-likeness (QED) is 0.467. The number of nitrogens with zero attached hydrogens (tertiary/aromatic N) is 4. The van der Waals surface area contributed by atoms with Crippen molar-refractivity contribution in [2.45, 2.75) is 30.6 Å². The molecule has 2 fully saturated rings. The van der Waals surface area contributed by atoms with E-state index in [1.807, 2.05) is 29.2 Å². The minimum atomic E-state index is -3.73. The van der Waals surface area contributed by atoms with E-state index in [-0.39, 0.29) is 10.6 Å². The molecule has 0 N–H and O–H groups in total. The average Bonchev–Trinajstić information content (AvgIpc) is 3.10. The highest BCUT2D eigenvalue weighted by Gasteiger charge is 2.30. The molecule has 0 bridgehead atoms. The highest BCUT2D eigenvalue weighted by atomic mass is 32.2. The summed E-state index contributed by atoms with van der Waals surface area (Å²) < 4.78 is 32.7. The van der Waals surface area contributed by atoms with Crippen LogP contribution in [0.2, 0.25) is 0 Å². The van der Waals surface area contributed by atoms with Gasteiger partial charge in [-0.1, -0.05) is 6.42 Å². The molecule has 0 aromatic heterocycles. The molecule has 0 unspecified atom stereocenters. The largest absolute Gasteiger partial charge is 0.497 e. The first-order valence-corrected chi connectivity index (χ1v) is 12.8. The molecule has 2 saturated heterocycles. The van der Waals surface area contributed by atoms with Crippen molar-refractivity contribution in [1.29, 1.82) is 0 Å². The topological polar surface area (TPSA) is 96.2 Å². The third kappa shape index (κ3) is 5.06. The van der Waals surface area contributed by atoms with E-state index in [0.717, 1.165) is 43.7 Å². The van der Waals surface area contributed by atoms with Gasteiger partial charge >= 0.3 is 0 Å². The van der Waals surface area contributed by atoms with E-state index < -0.39 is 14.9 Å². The van der Waals surface area contributed by atoms with Crippen LogP contribution >= 0.6 is 0 Å². The smallest absolute Gasteiger partial charge is 0.293 e. The Labute approximate surface area is 194 Å². The number of rotatable bonds is 6. The lowest BCUT2D eigenvalue weighted by Crippen LogP contribution is -2.35. The standard InChI is InChI=1S/C23H30N4O5S/c1-32-20-8-6-19(7-9-20)24-12-5-13-25(17-16-24)22-11-10-21(18-23(22)27(28)29)33(30,31)26-14-3-2-4-15-26/h6-11,18H,2-5,12-17H2,1H3. The van der Waals surface area contributed by atoms with E-state index in [4.69, 9.17) is 4.74 Å². The Kier molecular flexibility index (Phi) is 7.04. The molecule has 4 rings (SSSR count). The fraction of sp³-hybridized carbons (Fsp3) is 0.478. The molecule has 10 heteroatoms. The van der Waals surface area contributed by atoms with Crippen LogP contribution in [-0.2, 0) is 10.0 Å². The summed E-state index contributed by atoms with van der Waals surface area (Å²) in [5, 5.41) is 11.9. The lowest BCUT2D eigenvalue weighted by molar-refractivity contribution is -0.384. The van der Waals surface area contributed by atoms with Gasteiger partial charge in [-0.05, 0) is 55.7 Å². The average molecular weight is 475 g/mol. The first kappa shape index (κ1) is 23.3. The number of hydrogen-bond donors (Lipinski definition) is 0. The van der Waals surface area contributed by atoms with Crippen LogP contribution in [0.4, 0.5) is 17.1 Å². The fourth-order valence-corrected chi connectivity index (χ4v) is 6.08. The third-order valence-electron chi connectivity index (χ3n) is 6.37. The van der Waals surface area contributed by atoms with Crippen LogP contribution in [0.1, 0.15) is 25.7 Å². The Hall–Kier alpha value is -2.85. The lowest BCUT2D eigenvalue weighted by atomic mass is 10.2. The summed E-state index contributed by atoms with van der Waals surface area (Å²) in [6.07, 6.45) is 3.47. The molecule has 0 spiro atoms. The van der Waals surface area contributed by atoms with Crippen LogP contribution in [0, 0.1) is 10.1 Å². The molecule has 0 radical (unpaired) electrons. The summed E-state index contributed by atoms with van der Waals surface area (Å²) in [4.78, 5) is 15.7. The van der Waals surface area contributed by atoms with Crippen molar-refractivity contribution in [3.05, 3.63) is 52.6 Å². The van der Waals surface area contributed by atoms with Crippen molar-refractivity contribution in [1.82, 2.24) is 4.31 Å². The number of anilines is 2. The second-order valence-corrected chi connectivity index (χ2v) is 10.3. The highest BCUT2D eigenvalue weighted by Crippen LogP contribution is 2.33. The van der Waals surface area contributed by atoms with Crippen molar-refractivity contribution >= 4 is 27.1 Å². The molecule has 2 aromatic rings. The number of sulfonamides is 1. The zero-order valence-corrected chi connectivity index (χ0v) is 19.7. The maximum Gasteiger partial charge on any atom is 0.293 e. The molecule has 0 amide bonds. The number of ether oxygens (including phenoxy) is 1. The number of nitro groups is 1. The van der Waals surface area contributed by atoms with Gasteiger partial charge in [0.1, 0.15) is 11.4 Å². The van der Waals surface area contributed by atoms with Crippen LogP contribution in [0.15, 0.2) is 47.4 Å². The van der Waals surface area contributed by atoms with Gasteiger partial charge in [-0.25, -0.2) is 8.42 Å². The molecule has 0 aliphatic carbocycles. The summed E-state index contributed by atoms with van der Waals surface area (Å²) in [5.74, 6) is 0.797. The van der Waals surface area contributed by atoms with Crippen LogP contribution < -0.4 is 14.5 Å². The molecule has 2 aliphatic heterocycles. The molecule has 9 nitrogen and oxygen atoms in total. The number of hydrogen-bond acceptors (Lipinski definition) is 7. The minimum absolute atomic E-state index is 0.00506. The second-order valence-electron chi connectivity index (χ2n) is 8.40. The van der Waals surface area contributed by atoms with Crippen LogP contribution in [-0.4, -0.2) is 64.0 Å². The Balaban J connectivity index is 1.55. The summed E-state index contributed by atoms with van der Waals surface area (Å²) >= 11 is 0. The Morgan fingerprint density at radius 3 is 2.18 bits per heavy atom. The Bertz CT molecular complexity index is 1080. The zero-order valence-electron chi connectivity index (χ0n) is 18.9. The number of nitro benzene ring substituents is 1. The number of piperidine rings is 1. The third-order valence-corrected chi connectivity index (χ3v) is 8.27. The van der Waals surface area contributed by atoms with Crippen LogP contribution in [0.5, 0.6) is 5.75 Å². The van der Waals surface area contributed by atoms with Gasteiger partial charge in [-0.15, -0.1) is 0 Å². The second kappa shape index (κ2) is 9.96. The SMILES string of the molecule is COc1ccc(N2CCCN(c3ccc(S(=O)(=O)N4CCCCC4)cc3[N+](=O)[O-])CC2)cc1. The summed E-state index contributed by atoms with van der Waals surface area (Å²) in [5.41, 5.74) is 1.38. The number of methoxy groups -OCH3 is 1. The van der Waals surface area contributed by atoms with Gasteiger partial charge < -0.3 is 14.5 Å². The molecule has 0 saturated carbocycles. The minimum Gasteiger partial charge on any atom is -0.497 e. The number of benzene rings is 2. The van der Waals surface area contributed by atoms with Crippen molar-refractivity contribution in [2.24, 2.45) is 0 Å². The lowest BCUT2D eigenvalue weighted by Gasteiger charge is -2.27. The van der Waals surface area contributed by atoms with Gasteiger partial charge in [0.25, 0.3) is 5.69 Å². The van der Waals surface area contributed by atoms with Gasteiger partial charge in [-0.2, -0.15) is 4.31 Å². The maximum absolute atomic E-state index is 13.0. The predicted molar refractivity (Wildman–Crippen MR) is 128 cm³/mol. The highest BCUT2D eigenvalue weighted by molar-refractivity contribution is 7.89. The monoisotopic (exact) mass is 474 g/mol. The molecule has 0 atom stereocenters. The molecule has 178 valence electrons. The maximum atomic E-state index is 13.0. The summed E-state index contributed by atoms with van der Waals surface area (Å²) in [7, 11) is -2.10. The summed E-state index contributed by atoms with van der Waals surface area (Å²) in [6, 6.07) is 12.2. The van der Waals surface area contributed by atoms with E-state index >= 15 is 0 Å². The van der Waals surface area contributed by atoms with Crippen molar-refractivity contribution in [3.8, 4) is 5.75 Å². The van der Waals surface area contributed by atoms with Crippen LogP contribution in [0.25, 0.3) is 0 Å². The fourth-order valence-electron chi connectivity index (χ4n) is 4.54. The Morgan fingerprint density at radius 1 is 0.848 bits per heavy atom.